The zero-order valence-electron chi connectivity index (χ0n) is 7.58. The minimum atomic E-state index is -0.666. The normalized spacial score (nSPS) is 10.1. The number of carbonyl (C=O) groups is 1. The number of hydrogen-bond acceptors (Lipinski definition) is 3. The minimum Gasteiger partial charge on any atom is -0.462 e. The lowest BCUT2D eigenvalue weighted by atomic mass is 10.3. The van der Waals surface area contributed by atoms with Gasteiger partial charge in [0.05, 0.1) is 12.8 Å². The van der Waals surface area contributed by atoms with Crippen molar-refractivity contribution in [2.24, 2.45) is 7.05 Å². The molecule has 1 rings (SSSR count). The first kappa shape index (κ1) is 9.70. The van der Waals surface area contributed by atoms with Gasteiger partial charge in [-0.2, -0.15) is 9.49 Å². The summed E-state index contributed by atoms with van der Waals surface area (Å²) < 4.78 is 18.8. The van der Waals surface area contributed by atoms with Gasteiger partial charge in [-0.25, -0.2) is 9.48 Å². The largest absolute Gasteiger partial charge is 0.462 e. The van der Waals surface area contributed by atoms with E-state index in [9.17, 15) is 9.18 Å². The zero-order chi connectivity index (χ0) is 9.84. The van der Waals surface area contributed by atoms with Crippen molar-refractivity contribution in [2.75, 3.05) is 6.61 Å². The average Bonchev–Trinajstić information content (AvgIpc) is 2.44. The van der Waals surface area contributed by atoms with Crippen LogP contribution in [0.2, 0.25) is 0 Å². The number of aromatic nitrogens is 2. The van der Waals surface area contributed by atoms with Crippen LogP contribution in [-0.4, -0.2) is 22.4 Å². The Kier molecular flexibility index (Phi) is 3.00. The van der Waals surface area contributed by atoms with Gasteiger partial charge in [-0.3, -0.25) is 0 Å². The molecule has 0 atom stereocenters. The SMILES string of the molecule is CCCOC(=O)c1cnn(C)c1F. The van der Waals surface area contributed by atoms with Crippen molar-refractivity contribution < 1.29 is 13.9 Å². The third-order valence-electron chi connectivity index (χ3n) is 1.52. The number of aryl methyl sites for hydroxylation is 1. The lowest BCUT2D eigenvalue weighted by Crippen LogP contribution is -2.07. The van der Waals surface area contributed by atoms with Gasteiger partial charge in [0.1, 0.15) is 5.56 Å². The van der Waals surface area contributed by atoms with Gasteiger partial charge >= 0.3 is 5.97 Å². The average molecular weight is 186 g/mol. The summed E-state index contributed by atoms with van der Waals surface area (Å²) in [5.74, 6) is -1.33. The first-order valence-corrected chi connectivity index (χ1v) is 4.01. The van der Waals surface area contributed by atoms with E-state index >= 15 is 0 Å². The molecule has 1 heterocycles. The predicted octanol–water partition coefficient (Wildman–Crippen LogP) is 1.13. The highest BCUT2D eigenvalue weighted by atomic mass is 19.1. The Bertz CT molecular complexity index is 309. The molecular weight excluding hydrogens is 175 g/mol. The van der Waals surface area contributed by atoms with Crippen LogP contribution in [0.3, 0.4) is 0 Å². The molecule has 0 N–H and O–H groups in total. The second-order valence-electron chi connectivity index (χ2n) is 2.61. The lowest BCUT2D eigenvalue weighted by Gasteiger charge is -1.99. The third kappa shape index (κ3) is 2.05. The molecule has 0 bridgehead atoms. The number of hydrogen-bond donors (Lipinski definition) is 0. The lowest BCUT2D eigenvalue weighted by molar-refractivity contribution is 0.0499. The van der Waals surface area contributed by atoms with E-state index in [0.29, 0.717) is 13.0 Å². The van der Waals surface area contributed by atoms with Crippen LogP contribution in [-0.2, 0) is 11.8 Å². The Labute approximate surface area is 75.3 Å². The molecule has 5 heteroatoms. The summed E-state index contributed by atoms with van der Waals surface area (Å²) >= 11 is 0. The number of halogens is 1. The summed E-state index contributed by atoms with van der Waals surface area (Å²) in [7, 11) is 1.42. The molecule has 0 aliphatic carbocycles. The van der Waals surface area contributed by atoms with Crippen LogP contribution in [0.5, 0.6) is 0 Å². The van der Waals surface area contributed by atoms with E-state index in [-0.39, 0.29) is 5.56 Å². The highest BCUT2D eigenvalue weighted by molar-refractivity contribution is 5.89. The molecule has 0 radical (unpaired) electrons. The molecular formula is C8H11FN2O2. The van der Waals surface area contributed by atoms with Gasteiger partial charge in [0.15, 0.2) is 0 Å². The van der Waals surface area contributed by atoms with Crippen molar-refractivity contribution in [2.45, 2.75) is 13.3 Å². The molecule has 0 amide bonds. The maximum absolute atomic E-state index is 13.0. The first-order chi connectivity index (χ1) is 6.16. The molecule has 0 unspecified atom stereocenters. The summed E-state index contributed by atoms with van der Waals surface area (Å²) in [6.45, 7) is 2.17. The second kappa shape index (κ2) is 4.02. The molecule has 0 fully saturated rings. The fraction of sp³-hybridized carbons (Fsp3) is 0.500. The molecule has 0 aliphatic rings. The summed E-state index contributed by atoms with van der Waals surface area (Å²) in [6, 6.07) is 0. The molecule has 0 saturated heterocycles. The number of ether oxygens (including phenoxy) is 1. The Morgan fingerprint density at radius 1 is 1.77 bits per heavy atom. The van der Waals surface area contributed by atoms with Crippen LogP contribution >= 0.6 is 0 Å². The maximum atomic E-state index is 13.0. The van der Waals surface area contributed by atoms with E-state index < -0.39 is 11.9 Å². The minimum absolute atomic E-state index is 0.115. The third-order valence-corrected chi connectivity index (χ3v) is 1.52. The van der Waals surface area contributed by atoms with Crippen LogP contribution in [0, 0.1) is 5.95 Å². The van der Waals surface area contributed by atoms with E-state index in [4.69, 9.17) is 4.74 Å². The number of esters is 1. The molecule has 0 aliphatic heterocycles. The van der Waals surface area contributed by atoms with Crippen molar-refractivity contribution in [3.05, 3.63) is 17.7 Å². The summed E-state index contributed by atoms with van der Waals surface area (Å²) in [5.41, 5.74) is -0.115. The Morgan fingerprint density at radius 3 is 2.92 bits per heavy atom. The molecule has 1 aromatic heterocycles. The van der Waals surface area contributed by atoms with Gasteiger partial charge in [0.2, 0.25) is 5.95 Å². The fourth-order valence-electron chi connectivity index (χ4n) is 0.832. The van der Waals surface area contributed by atoms with Crippen molar-refractivity contribution in [3.8, 4) is 0 Å². The van der Waals surface area contributed by atoms with Crippen LogP contribution in [0.4, 0.5) is 4.39 Å². The van der Waals surface area contributed by atoms with Gasteiger partial charge in [-0.05, 0) is 6.42 Å². The molecule has 13 heavy (non-hydrogen) atoms. The summed E-state index contributed by atoms with van der Waals surface area (Å²) in [4.78, 5) is 11.1. The van der Waals surface area contributed by atoms with E-state index in [1.807, 2.05) is 6.92 Å². The number of carbonyl (C=O) groups excluding carboxylic acids is 1. The number of nitrogens with zero attached hydrogens (tertiary/aromatic N) is 2. The second-order valence-corrected chi connectivity index (χ2v) is 2.61. The molecule has 4 nitrogen and oxygen atoms in total. The summed E-state index contributed by atoms with van der Waals surface area (Å²) in [5, 5.41) is 3.59. The molecule has 0 aromatic carbocycles. The van der Waals surface area contributed by atoms with Crippen molar-refractivity contribution >= 4 is 5.97 Å². The van der Waals surface area contributed by atoms with Crippen molar-refractivity contribution in [1.82, 2.24) is 9.78 Å². The van der Waals surface area contributed by atoms with Gasteiger partial charge in [-0.1, -0.05) is 6.92 Å². The fourth-order valence-corrected chi connectivity index (χ4v) is 0.832. The quantitative estimate of drug-likeness (QED) is 0.664. The predicted molar refractivity (Wildman–Crippen MR) is 43.7 cm³/mol. The van der Waals surface area contributed by atoms with E-state index in [2.05, 4.69) is 5.10 Å². The zero-order valence-corrected chi connectivity index (χ0v) is 7.58. The van der Waals surface area contributed by atoms with Gasteiger partial charge in [0, 0.05) is 7.05 Å². The van der Waals surface area contributed by atoms with Crippen molar-refractivity contribution in [3.63, 3.8) is 0 Å². The smallest absolute Gasteiger partial charge is 0.344 e. The van der Waals surface area contributed by atoms with E-state index in [0.717, 1.165) is 10.9 Å². The molecule has 72 valence electrons. The Morgan fingerprint density at radius 2 is 2.46 bits per heavy atom. The highest BCUT2D eigenvalue weighted by Gasteiger charge is 2.16. The summed E-state index contributed by atoms with van der Waals surface area (Å²) in [6.07, 6.45) is 1.88. The highest BCUT2D eigenvalue weighted by Crippen LogP contribution is 2.06. The van der Waals surface area contributed by atoms with Gasteiger partial charge < -0.3 is 4.74 Å². The first-order valence-electron chi connectivity index (χ1n) is 4.01. The number of rotatable bonds is 3. The molecule has 0 saturated carbocycles. The standard InChI is InChI=1S/C8H11FN2O2/c1-3-4-13-8(12)6-5-10-11(2)7(6)9/h5H,3-4H2,1-2H3. The van der Waals surface area contributed by atoms with Crippen molar-refractivity contribution in [1.29, 1.82) is 0 Å². The topological polar surface area (TPSA) is 44.1 Å². The van der Waals surface area contributed by atoms with Gasteiger partial charge in [-0.15, -0.1) is 0 Å². The van der Waals surface area contributed by atoms with Crippen LogP contribution in [0.25, 0.3) is 0 Å². The van der Waals surface area contributed by atoms with Gasteiger partial charge in [0.25, 0.3) is 0 Å². The molecule has 0 spiro atoms. The van der Waals surface area contributed by atoms with Crippen LogP contribution in [0.1, 0.15) is 23.7 Å². The van der Waals surface area contributed by atoms with Crippen LogP contribution in [0.15, 0.2) is 6.20 Å². The van der Waals surface area contributed by atoms with E-state index in [1.165, 1.54) is 7.05 Å². The Hall–Kier alpha value is -1.39. The Balaban J connectivity index is 2.71. The van der Waals surface area contributed by atoms with Crippen LogP contribution < -0.4 is 0 Å². The maximum Gasteiger partial charge on any atom is 0.344 e. The van der Waals surface area contributed by atoms with E-state index in [1.54, 1.807) is 0 Å². The monoisotopic (exact) mass is 186 g/mol. The molecule has 1 aromatic rings.